The number of carbonyl (C=O) groups excluding carboxylic acids is 1. The van der Waals surface area contributed by atoms with Crippen molar-refractivity contribution in [3.8, 4) is 0 Å². The van der Waals surface area contributed by atoms with E-state index in [2.05, 4.69) is 49.1 Å². The minimum atomic E-state index is 0.106. The number of amides is 1. The minimum absolute atomic E-state index is 0.106. The highest BCUT2D eigenvalue weighted by Gasteiger charge is 2.30. The van der Waals surface area contributed by atoms with Crippen molar-refractivity contribution in [2.75, 3.05) is 25.0 Å². The highest BCUT2D eigenvalue weighted by molar-refractivity contribution is 5.93. The summed E-state index contributed by atoms with van der Waals surface area (Å²) in [6, 6.07) is 16.9. The molecule has 0 aromatic heterocycles. The number of carbonyl (C=O) groups is 1. The Morgan fingerprint density at radius 2 is 1.81 bits per heavy atom. The molecule has 3 rings (SSSR count). The van der Waals surface area contributed by atoms with Crippen LogP contribution in [-0.4, -0.2) is 30.0 Å². The van der Waals surface area contributed by atoms with Crippen LogP contribution in [0.5, 0.6) is 0 Å². The molecule has 2 atom stereocenters. The number of benzene rings is 2. The monoisotopic (exact) mass is 350 g/mol. The van der Waals surface area contributed by atoms with Crippen LogP contribution in [0.3, 0.4) is 0 Å². The molecule has 3 nitrogen and oxygen atoms in total. The van der Waals surface area contributed by atoms with Crippen molar-refractivity contribution in [3.63, 3.8) is 0 Å². The molecule has 3 heteroatoms. The molecule has 2 aromatic carbocycles. The Kier molecular flexibility index (Phi) is 5.77. The first kappa shape index (κ1) is 18.7. The first-order chi connectivity index (χ1) is 12.5. The normalized spacial score (nSPS) is 22.8. The maximum absolute atomic E-state index is 12.8. The third kappa shape index (κ3) is 4.16. The second-order valence-electron chi connectivity index (χ2n) is 7.56. The van der Waals surface area contributed by atoms with Crippen LogP contribution in [0, 0.1) is 20.4 Å². The Hall–Kier alpha value is -2.13. The van der Waals surface area contributed by atoms with E-state index in [1.807, 2.05) is 32.0 Å². The lowest BCUT2D eigenvalue weighted by Crippen LogP contribution is -2.54. The lowest BCUT2D eigenvalue weighted by Gasteiger charge is -2.52. The van der Waals surface area contributed by atoms with E-state index in [9.17, 15) is 4.79 Å². The number of piperidine rings is 1. The van der Waals surface area contributed by atoms with Gasteiger partial charge in [0, 0.05) is 11.6 Å². The van der Waals surface area contributed by atoms with Crippen LogP contribution >= 0.6 is 0 Å². The van der Waals surface area contributed by atoms with Crippen molar-refractivity contribution in [2.45, 2.75) is 39.5 Å². The molecule has 1 aliphatic heterocycles. The summed E-state index contributed by atoms with van der Waals surface area (Å²) in [5, 5.41) is 3.16. The molecule has 2 aromatic rings. The predicted octanol–water partition coefficient (Wildman–Crippen LogP) is 4.82. The molecule has 1 aliphatic rings. The van der Waals surface area contributed by atoms with Gasteiger partial charge in [-0.05, 0) is 37.5 Å². The molecule has 0 saturated carbocycles. The lowest BCUT2D eigenvalue weighted by atomic mass is 9.89. The predicted molar refractivity (Wildman–Crippen MR) is 108 cm³/mol. The molecule has 1 heterocycles. The molecule has 0 aliphatic carbocycles. The van der Waals surface area contributed by atoms with E-state index in [4.69, 9.17) is 0 Å². The third-order valence-electron chi connectivity index (χ3n) is 5.72. The van der Waals surface area contributed by atoms with Crippen molar-refractivity contribution in [1.29, 1.82) is 0 Å². The number of hydrogen-bond donors (Lipinski definition) is 1. The summed E-state index contributed by atoms with van der Waals surface area (Å²) in [6.07, 6.45) is 2.23. The van der Waals surface area contributed by atoms with Crippen LogP contribution in [0.2, 0.25) is 0 Å². The Bertz CT molecular complexity index is 736. The van der Waals surface area contributed by atoms with E-state index >= 15 is 0 Å². The smallest absolute Gasteiger partial charge is 0.277 e. The molecule has 1 saturated heterocycles. The molecule has 1 amide bonds. The summed E-state index contributed by atoms with van der Waals surface area (Å²) in [5.41, 5.74) is 4.59. The van der Waals surface area contributed by atoms with Crippen LogP contribution in [0.4, 0.5) is 5.69 Å². The van der Waals surface area contributed by atoms with Gasteiger partial charge in [0.25, 0.3) is 5.91 Å². The fraction of sp³-hybridized carbons (Fsp3) is 0.391. The lowest BCUT2D eigenvalue weighted by molar-refractivity contribution is -0.896. The van der Waals surface area contributed by atoms with E-state index in [0.29, 0.717) is 12.5 Å². The summed E-state index contributed by atoms with van der Waals surface area (Å²) in [4.78, 5) is 12.8. The number of nitrogens with zero attached hydrogens (tertiary/aromatic N) is 1. The summed E-state index contributed by atoms with van der Waals surface area (Å²) in [7, 11) is 0. The summed E-state index contributed by atoms with van der Waals surface area (Å²) in [5.74, 6) is 0.628. The SMILES string of the molecule is CC[N+]1(CC(=O)Nc2c(C)cccc2C)[CH-]CCC(c2ccccc2)C1. The maximum atomic E-state index is 12.8. The number of nitrogens with one attached hydrogen (secondary N) is 1. The van der Waals surface area contributed by atoms with Gasteiger partial charge in [-0.1, -0.05) is 55.0 Å². The second-order valence-corrected chi connectivity index (χ2v) is 7.56. The fourth-order valence-corrected chi connectivity index (χ4v) is 4.13. The standard InChI is InChI=1S/C23H30N2O/c1-4-25(15-9-14-21(16-25)20-12-6-5-7-13-20)17-22(26)24-23-18(2)10-8-11-19(23)3/h5-8,10-13,15,21H,4,9,14,16-17H2,1-3H3,(H,24,26). The number of likely N-dealkylation sites (tertiary alicyclic amines) is 1. The van der Waals surface area contributed by atoms with Gasteiger partial charge in [-0.2, -0.15) is 0 Å². The summed E-state index contributed by atoms with van der Waals surface area (Å²) in [6.45, 7) is 11.1. The van der Waals surface area contributed by atoms with E-state index in [1.54, 1.807) is 0 Å². The van der Waals surface area contributed by atoms with Gasteiger partial charge in [0.05, 0.1) is 13.1 Å². The zero-order chi connectivity index (χ0) is 18.6. The summed E-state index contributed by atoms with van der Waals surface area (Å²) < 4.78 is 0.760. The van der Waals surface area contributed by atoms with Gasteiger partial charge in [0.15, 0.2) is 0 Å². The first-order valence-electron chi connectivity index (χ1n) is 9.64. The topological polar surface area (TPSA) is 29.1 Å². The minimum Gasteiger partial charge on any atom is -0.446 e. The van der Waals surface area contributed by atoms with Crippen molar-refractivity contribution in [1.82, 2.24) is 0 Å². The van der Waals surface area contributed by atoms with Crippen LogP contribution in [-0.2, 0) is 4.79 Å². The highest BCUT2D eigenvalue weighted by Crippen LogP contribution is 2.33. The van der Waals surface area contributed by atoms with E-state index in [-0.39, 0.29) is 5.91 Å². The molecule has 1 N–H and O–H groups in total. The molecule has 0 bridgehead atoms. The third-order valence-corrected chi connectivity index (χ3v) is 5.72. The molecular formula is C23H30N2O. The second kappa shape index (κ2) is 8.05. The number of para-hydroxylation sites is 1. The van der Waals surface area contributed by atoms with Crippen LogP contribution < -0.4 is 5.32 Å². The number of likely N-dealkylation sites (N-methyl/N-ethyl adjacent to an activating group) is 1. The van der Waals surface area contributed by atoms with Gasteiger partial charge in [-0.25, -0.2) is 0 Å². The van der Waals surface area contributed by atoms with E-state index in [0.717, 1.165) is 40.8 Å². The molecule has 26 heavy (non-hydrogen) atoms. The first-order valence-corrected chi connectivity index (χ1v) is 9.64. The summed E-state index contributed by atoms with van der Waals surface area (Å²) >= 11 is 0. The number of hydrogen-bond acceptors (Lipinski definition) is 1. The van der Waals surface area contributed by atoms with Crippen LogP contribution in [0.25, 0.3) is 0 Å². The highest BCUT2D eigenvalue weighted by atomic mass is 16.2. The zero-order valence-corrected chi connectivity index (χ0v) is 16.2. The quantitative estimate of drug-likeness (QED) is 0.608. The average molecular weight is 351 g/mol. The van der Waals surface area contributed by atoms with Crippen molar-refractivity contribution in [3.05, 3.63) is 71.8 Å². The molecule has 1 fully saturated rings. The van der Waals surface area contributed by atoms with Crippen molar-refractivity contribution >= 4 is 11.6 Å². The molecular weight excluding hydrogens is 320 g/mol. The number of aryl methyl sites for hydroxylation is 2. The largest absolute Gasteiger partial charge is 0.446 e. The fourth-order valence-electron chi connectivity index (χ4n) is 4.13. The maximum Gasteiger partial charge on any atom is 0.277 e. The van der Waals surface area contributed by atoms with Gasteiger partial charge < -0.3 is 9.80 Å². The van der Waals surface area contributed by atoms with Gasteiger partial charge in [-0.15, -0.1) is 13.0 Å². The van der Waals surface area contributed by atoms with E-state index in [1.165, 1.54) is 12.0 Å². The van der Waals surface area contributed by atoms with E-state index < -0.39 is 0 Å². The average Bonchev–Trinajstić information content (AvgIpc) is 2.66. The Morgan fingerprint density at radius 1 is 1.12 bits per heavy atom. The van der Waals surface area contributed by atoms with Crippen LogP contribution in [0.15, 0.2) is 48.5 Å². The molecule has 2 unspecified atom stereocenters. The molecule has 0 radical (unpaired) electrons. The zero-order valence-electron chi connectivity index (χ0n) is 16.2. The van der Waals surface area contributed by atoms with Crippen LogP contribution in [0.1, 0.15) is 42.4 Å². The van der Waals surface area contributed by atoms with Gasteiger partial charge in [0.2, 0.25) is 0 Å². The van der Waals surface area contributed by atoms with Gasteiger partial charge >= 0.3 is 0 Å². The Morgan fingerprint density at radius 3 is 2.46 bits per heavy atom. The number of rotatable bonds is 5. The Labute approximate surface area is 157 Å². The Balaban J connectivity index is 1.72. The number of anilines is 1. The molecule has 138 valence electrons. The molecule has 0 spiro atoms. The number of quaternary nitrogens is 1. The van der Waals surface area contributed by atoms with Crippen molar-refractivity contribution < 1.29 is 9.28 Å². The van der Waals surface area contributed by atoms with Gasteiger partial charge in [-0.3, -0.25) is 4.79 Å². The van der Waals surface area contributed by atoms with Gasteiger partial charge in [0.1, 0.15) is 6.54 Å². The van der Waals surface area contributed by atoms with Crippen molar-refractivity contribution in [2.24, 2.45) is 0 Å².